The Balaban J connectivity index is 1.39. The highest BCUT2D eigenvalue weighted by Gasteiger charge is 2.32. The Morgan fingerprint density at radius 3 is 2.75 bits per heavy atom. The molecule has 4 atom stereocenters. The third-order valence-corrected chi connectivity index (χ3v) is 7.16. The summed E-state index contributed by atoms with van der Waals surface area (Å²) in [5.74, 6) is -0.697. The molecule has 0 spiro atoms. The van der Waals surface area contributed by atoms with Gasteiger partial charge in [0.05, 0.1) is 0 Å². The van der Waals surface area contributed by atoms with Gasteiger partial charge in [-0.25, -0.2) is 9.18 Å². The topological polar surface area (TPSA) is 58.6 Å². The fourth-order valence-electron chi connectivity index (χ4n) is 5.28. The van der Waals surface area contributed by atoms with E-state index in [0.717, 1.165) is 31.2 Å². The zero-order chi connectivity index (χ0) is 22.9. The SMILES string of the molecule is C[C@@H](N[C@H]1CC[C@@H](c2ccc(OC(C)(C)C(=O)O)c(F)c2)C1)C1=C2C=CCCC2CC=C1. The Kier molecular flexibility index (Phi) is 6.57. The summed E-state index contributed by atoms with van der Waals surface area (Å²) in [6.07, 6.45) is 15.8. The van der Waals surface area contributed by atoms with E-state index in [1.807, 2.05) is 6.07 Å². The molecular weight excluding hydrogens is 405 g/mol. The molecule has 5 heteroatoms. The zero-order valence-corrected chi connectivity index (χ0v) is 19.2. The highest BCUT2D eigenvalue weighted by atomic mass is 19.1. The first-order valence-corrected chi connectivity index (χ1v) is 11.8. The average Bonchev–Trinajstić information content (AvgIpc) is 3.23. The number of fused-ring (bicyclic) bond motifs is 1. The van der Waals surface area contributed by atoms with E-state index in [1.165, 1.54) is 43.9 Å². The van der Waals surface area contributed by atoms with E-state index >= 15 is 0 Å². The summed E-state index contributed by atoms with van der Waals surface area (Å²) in [5.41, 5.74) is 2.38. The van der Waals surface area contributed by atoms with Crippen LogP contribution >= 0.6 is 0 Å². The van der Waals surface area contributed by atoms with Gasteiger partial charge in [0.15, 0.2) is 17.2 Å². The van der Waals surface area contributed by atoms with E-state index in [9.17, 15) is 14.3 Å². The number of carbonyl (C=O) groups is 1. The Bertz CT molecular complexity index is 962. The molecule has 0 saturated heterocycles. The summed E-state index contributed by atoms with van der Waals surface area (Å²) < 4.78 is 20.0. The Morgan fingerprint density at radius 2 is 2.00 bits per heavy atom. The second kappa shape index (κ2) is 9.22. The maximum atomic E-state index is 14.7. The summed E-state index contributed by atoms with van der Waals surface area (Å²) >= 11 is 0. The lowest BCUT2D eigenvalue weighted by Crippen LogP contribution is -2.38. The van der Waals surface area contributed by atoms with Gasteiger partial charge in [-0.05, 0) is 100.0 Å². The predicted molar refractivity (Wildman–Crippen MR) is 124 cm³/mol. The van der Waals surface area contributed by atoms with Crippen LogP contribution in [0.4, 0.5) is 4.39 Å². The van der Waals surface area contributed by atoms with Crippen LogP contribution in [-0.4, -0.2) is 28.8 Å². The number of carboxylic acids is 1. The fourth-order valence-corrected chi connectivity index (χ4v) is 5.28. The zero-order valence-electron chi connectivity index (χ0n) is 19.2. The fraction of sp³-hybridized carbons (Fsp3) is 0.519. The average molecular weight is 440 g/mol. The molecule has 1 aromatic carbocycles. The summed E-state index contributed by atoms with van der Waals surface area (Å²) in [6, 6.07) is 5.64. The summed E-state index contributed by atoms with van der Waals surface area (Å²) in [6.45, 7) is 5.08. The maximum Gasteiger partial charge on any atom is 0.347 e. The number of carboxylic acid groups (broad SMARTS) is 1. The number of nitrogens with one attached hydrogen (secondary N) is 1. The van der Waals surface area contributed by atoms with Crippen LogP contribution in [0.1, 0.15) is 70.8 Å². The molecule has 172 valence electrons. The highest BCUT2D eigenvalue weighted by Crippen LogP contribution is 2.38. The van der Waals surface area contributed by atoms with Crippen LogP contribution in [0.3, 0.4) is 0 Å². The largest absolute Gasteiger partial charge is 0.478 e. The van der Waals surface area contributed by atoms with Crippen molar-refractivity contribution in [3.63, 3.8) is 0 Å². The molecule has 1 unspecified atom stereocenters. The summed E-state index contributed by atoms with van der Waals surface area (Å²) in [5, 5.41) is 13.0. The molecule has 1 saturated carbocycles. The van der Waals surface area contributed by atoms with Gasteiger partial charge < -0.3 is 15.2 Å². The highest BCUT2D eigenvalue weighted by molar-refractivity contribution is 5.76. The molecule has 2 N–H and O–H groups in total. The van der Waals surface area contributed by atoms with E-state index in [1.54, 1.807) is 6.07 Å². The van der Waals surface area contributed by atoms with Gasteiger partial charge in [-0.15, -0.1) is 0 Å². The van der Waals surface area contributed by atoms with Crippen LogP contribution in [0.15, 0.2) is 53.6 Å². The van der Waals surface area contributed by atoms with Crippen LogP contribution in [0.5, 0.6) is 5.75 Å². The van der Waals surface area contributed by atoms with Crippen LogP contribution in [0.25, 0.3) is 0 Å². The standard InChI is InChI=1S/C27H34FNO3/c1-17(22-10-6-8-18-7-4-5-9-23(18)22)29-21-13-11-19(15-21)20-12-14-25(24(28)16-20)32-27(2,3)26(30)31/h5-6,9-10,12,14,16-19,21,29H,4,7-8,11,13,15H2,1-3H3,(H,30,31)/t17-,18?,19-,21+/m1/s1. The van der Waals surface area contributed by atoms with Gasteiger partial charge in [0.2, 0.25) is 0 Å². The van der Waals surface area contributed by atoms with Crippen molar-refractivity contribution in [1.82, 2.24) is 5.32 Å². The van der Waals surface area contributed by atoms with Crippen LogP contribution < -0.4 is 10.1 Å². The minimum Gasteiger partial charge on any atom is -0.478 e. The van der Waals surface area contributed by atoms with Crippen molar-refractivity contribution < 1.29 is 19.0 Å². The van der Waals surface area contributed by atoms with Crippen molar-refractivity contribution >= 4 is 5.97 Å². The minimum atomic E-state index is -1.48. The van der Waals surface area contributed by atoms with Gasteiger partial charge in [0.1, 0.15) is 0 Å². The van der Waals surface area contributed by atoms with Crippen molar-refractivity contribution in [2.75, 3.05) is 0 Å². The van der Waals surface area contributed by atoms with Gasteiger partial charge in [0.25, 0.3) is 0 Å². The molecular formula is C27H34FNO3. The Labute approximate surface area is 190 Å². The molecule has 0 heterocycles. The minimum absolute atomic E-state index is 0.0185. The molecule has 0 radical (unpaired) electrons. The van der Waals surface area contributed by atoms with E-state index in [4.69, 9.17) is 4.74 Å². The van der Waals surface area contributed by atoms with E-state index in [-0.39, 0.29) is 11.7 Å². The number of hydrogen-bond acceptors (Lipinski definition) is 3. The molecule has 3 aliphatic carbocycles. The molecule has 0 aromatic heterocycles. The van der Waals surface area contributed by atoms with Crippen molar-refractivity contribution in [3.05, 3.63) is 65.0 Å². The molecule has 4 nitrogen and oxygen atoms in total. The first-order valence-electron chi connectivity index (χ1n) is 11.8. The molecule has 1 fully saturated rings. The van der Waals surface area contributed by atoms with Gasteiger partial charge in [-0.1, -0.05) is 30.4 Å². The normalized spacial score (nSPS) is 26.2. The number of rotatable bonds is 7. The lowest BCUT2D eigenvalue weighted by atomic mass is 9.79. The molecule has 0 bridgehead atoms. The number of benzene rings is 1. The third-order valence-electron chi connectivity index (χ3n) is 7.16. The number of halogens is 1. The lowest BCUT2D eigenvalue weighted by Gasteiger charge is -2.30. The second-order valence-corrected chi connectivity index (χ2v) is 9.93. The molecule has 3 aliphatic rings. The van der Waals surface area contributed by atoms with Gasteiger partial charge >= 0.3 is 5.97 Å². The molecule has 1 aromatic rings. The Morgan fingerprint density at radius 1 is 1.19 bits per heavy atom. The predicted octanol–water partition coefficient (Wildman–Crippen LogP) is 5.90. The third kappa shape index (κ3) is 4.83. The second-order valence-electron chi connectivity index (χ2n) is 9.93. The summed E-state index contributed by atoms with van der Waals surface area (Å²) in [4.78, 5) is 11.3. The lowest BCUT2D eigenvalue weighted by molar-refractivity contribution is -0.152. The van der Waals surface area contributed by atoms with E-state index < -0.39 is 17.4 Å². The number of allylic oxidation sites excluding steroid dienone is 4. The number of aliphatic carboxylic acids is 1. The summed E-state index contributed by atoms with van der Waals surface area (Å²) in [7, 11) is 0. The maximum absolute atomic E-state index is 14.7. The molecule has 32 heavy (non-hydrogen) atoms. The van der Waals surface area contributed by atoms with Crippen LogP contribution in [0.2, 0.25) is 0 Å². The monoisotopic (exact) mass is 439 g/mol. The van der Waals surface area contributed by atoms with Crippen molar-refractivity contribution in [2.45, 2.75) is 82.9 Å². The van der Waals surface area contributed by atoms with Crippen LogP contribution in [0, 0.1) is 11.7 Å². The first-order chi connectivity index (χ1) is 15.2. The van der Waals surface area contributed by atoms with Crippen molar-refractivity contribution in [1.29, 1.82) is 0 Å². The Hall–Kier alpha value is -2.40. The van der Waals surface area contributed by atoms with Gasteiger partial charge in [-0.2, -0.15) is 0 Å². The number of ether oxygens (including phenoxy) is 1. The smallest absolute Gasteiger partial charge is 0.347 e. The molecule has 0 amide bonds. The van der Waals surface area contributed by atoms with Crippen molar-refractivity contribution in [2.24, 2.45) is 5.92 Å². The van der Waals surface area contributed by atoms with Crippen molar-refractivity contribution in [3.8, 4) is 5.75 Å². The quantitative estimate of drug-likeness (QED) is 0.555. The molecule has 0 aliphatic heterocycles. The van der Waals surface area contributed by atoms with E-state index in [2.05, 4.69) is 36.5 Å². The van der Waals surface area contributed by atoms with Crippen LogP contribution in [-0.2, 0) is 4.79 Å². The molecule has 4 rings (SSSR count). The van der Waals surface area contributed by atoms with E-state index in [0.29, 0.717) is 18.0 Å². The number of hydrogen-bond donors (Lipinski definition) is 2. The first kappa shape index (κ1) is 22.8. The van der Waals surface area contributed by atoms with Gasteiger partial charge in [0, 0.05) is 12.1 Å². The van der Waals surface area contributed by atoms with Gasteiger partial charge in [-0.3, -0.25) is 0 Å².